The number of furan rings is 1. The molecule has 0 bridgehead atoms. The maximum absolute atomic E-state index is 13.6. The molecular weight excluding hydrogens is 402 g/mol. The average molecular weight is 423 g/mol. The molecule has 3 aromatic rings. The standard InChI is InChI=1S/C22H21N3O6/c1-22(21(27)25-12-15-17(31-25)8-5-9-23-15)13-29-18-14-6-3-4-7-16(14)30-19(18)20(26)24(22)10-11-28-2/h3-9H,10-13H2,1-2H3. The zero-order chi connectivity index (χ0) is 21.6. The van der Waals surface area contributed by atoms with Gasteiger partial charge in [-0.3, -0.25) is 14.6 Å². The lowest BCUT2D eigenvalue weighted by Crippen LogP contribution is -2.62. The van der Waals surface area contributed by atoms with E-state index in [0.29, 0.717) is 28.2 Å². The Morgan fingerprint density at radius 2 is 2.10 bits per heavy atom. The Bertz CT molecular complexity index is 1150. The number of ether oxygens (including phenoxy) is 2. The van der Waals surface area contributed by atoms with Gasteiger partial charge in [0.1, 0.15) is 24.4 Å². The van der Waals surface area contributed by atoms with E-state index in [1.54, 1.807) is 31.3 Å². The van der Waals surface area contributed by atoms with Crippen LogP contribution in [0, 0.1) is 0 Å². The van der Waals surface area contributed by atoms with Crippen LogP contribution >= 0.6 is 0 Å². The molecule has 1 aromatic carbocycles. The molecule has 4 heterocycles. The summed E-state index contributed by atoms with van der Waals surface area (Å²) in [5, 5.41) is 1.91. The fourth-order valence-corrected chi connectivity index (χ4v) is 3.95. The molecule has 31 heavy (non-hydrogen) atoms. The first-order valence-electron chi connectivity index (χ1n) is 9.92. The Labute approximate surface area is 178 Å². The highest BCUT2D eigenvalue weighted by atomic mass is 16.7. The van der Waals surface area contributed by atoms with E-state index >= 15 is 0 Å². The minimum atomic E-state index is -1.35. The molecule has 0 saturated carbocycles. The van der Waals surface area contributed by atoms with Crippen molar-refractivity contribution in [2.75, 3.05) is 26.9 Å². The van der Waals surface area contributed by atoms with Crippen LogP contribution in [-0.2, 0) is 16.1 Å². The van der Waals surface area contributed by atoms with Gasteiger partial charge in [-0.1, -0.05) is 12.1 Å². The lowest BCUT2D eigenvalue weighted by molar-refractivity contribution is -0.168. The van der Waals surface area contributed by atoms with Crippen LogP contribution in [0.25, 0.3) is 11.0 Å². The third kappa shape index (κ3) is 3.00. The van der Waals surface area contributed by atoms with Crippen molar-refractivity contribution < 1.29 is 28.3 Å². The number of pyridine rings is 1. The number of methoxy groups -OCH3 is 1. The van der Waals surface area contributed by atoms with Gasteiger partial charge < -0.3 is 23.6 Å². The van der Waals surface area contributed by atoms with Gasteiger partial charge in [-0.05, 0) is 31.2 Å². The molecule has 1 atom stereocenters. The fourth-order valence-electron chi connectivity index (χ4n) is 3.95. The zero-order valence-electron chi connectivity index (χ0n) is 17.2. The van der Waals surface area contributed by atoms with Crippen LogP contribution in [0.15, 0.2) is 47.0 Å². The predicted molar refractivity (Wildman–Crippen MR) is 108 cm³/mol. The first-order chi connectivity index (χ1) is 15.0. The normalized spacial score (nSPS) is 20.1. The molecule has 9 nitrogen and oxygen atoms in total. The first kappa shape index (κ1) is 19.4. The van der Waals surface area contributed by atoms with E-state index in [1.807, 2.05) is 18.2 Å². The minimum Gasteiger partial charge on any atom is -0.486 e. The summed E-state index contributed by atoms with van der Waals surface area (Å²) < 4.78 is 17.1. The third-order valence-electron chi connectivity index (χ3n) is 5.64. The summed E-state index contributed by atoms with van der Waals surface area (Å²) in [6.45, 7) is 2.20. The van der Waals surface area contributed by atoms with Gasteiger partial charge >= 0.3 is 0 Å². The van der Waals surface area contributed by atoms with E-state index in [9.17, 15) is 9.59 Å². The highest BCUT2D eigenvalue weighted by molar-refractivity contribution is 6.04. The molecule has 0 aliphatic carbocycles. The van der Waals surface area contributed by atoms with Gasteiger partial charge in [-0.2, -0.15) is 5.06 Å². The summed E-state index contributed by atoms with van der Waals surface area (Å²) in [6, 6.07) is 10.7. The molecule has 9 heteroatoms. The molecule has 160 valence electrons. The second-order valence-corrected chi connectivity index (χ2v) is 7.65. The molecule has 0 N–H and O–H groups in total. The van der Waals surface area contributed by atoms with Crippen molar-refractivity contribution in [1.29, 1.82) is 0 Å². The van der Waals surface area contributed by atoms with E-state index in [2.05, 4.69) is 4.98 Å². The number of hydrogen-bond donors (Lipinski definition) is 0. The number of rotatable bonds is 4. The van der Waals surface area contributed by atoms with Crippen molar-refractivity contribution in [2.45, 2.75) is 19.0 Å². The van der Waals surface area contributed by atoms with Gasteiger partial charge in [0.15, 0.2) is 17.0 Å². The number of para-hydroxylation sites is 1. The number of hydrogen-bond acceptors (Lipinski definition) is 7. The topological polar surface area (TPSA) is 94.3 Å². The molecule has 0 fully saturated rings. The maximum atomic E-state index is 13.6. The quantitative estimate of drug-likeness (QED) is 0.636. The molecule has 0 saturated heterocycles. The summed E-state index contributed by atoms with van der Waals surface area (Å²) in [4.78, 5) is 38.6. The molecule has 2 aliphatic heterocycles. The average Bonchev–Trinajstić information content (AvgIpc) is 3.36. The van der Waals surface area contributed by atoms with E-state index in [4.69, 9.17) is 18.7 Å². The summed E-state index contributed by atoms with van der Waals surface area (Å²) in [7, 11) is 1.54. The van der Waals surface area contributed by atoms with Gasteiger partial charge in [0, 0.05) is 19.9 Å². The summed E-state index contributed by atoms with van der Waals surface area (Å²) >= 11 is 0. The Kier molecular flexibility index (Phi) is 4.55. The monoisotopic (exact) mass is 423 g/mol. The second-order valence-electron chi connectivity index (χ2n) is 7.65. The minimum absolute atomic E-state index is 0.0680. The van der Waals surface area contributed by atoms with Crippen LogP contribution in [-0.4, -0.2) is 59.2 Å². The SMILES string of the molecule is COCCN1C(=O)c2oc3ccccc3c2OCC1(C)C(=O)N1Cc2ncccc2O1. The van der Waals surface area contributed by atoms with E-state index in [1.165, 1.54) is 17.1 Å². The second kappa shape index (κ2) is 7.28. The molecule has 1 unspecified atom stereocenters. The lowest BCUT2D eigenvalue weighted by atomic mass is 9.99. The Morgan fingerprint density at radius 3 is 2.90 bits per heavy atom. The van der Waals surface area contributed by atoms with Gasteiger partial charge in [0.25, 0.3) is 11.8 Å². The van der Waals surface area contributed by atoms with Crippen LogP contribution in [0.5, 0.6) is 11.5 Å². The molecule has 2 amide bonds. The highest BCUT2D eigenvalue weighted by Gasteiger charge is 2.51. The van der Waals surface area contributed by atoms with Crippen molar-refractivity contribution >= 4 is 22.8 Å². The number of benzene rings is 1. The fraction of sp³-hybridized carbons (Fsp3) is 0.318. The van der Waals surface area contributed by atoms with Crippen molar-refractivity contribution in [3.8, 4) is 11.5 Å². The molecule has 2 aliphatic rings. The predicted octanol–water partition coefficient (Wildman–Crippen LogP) is 2.40. The first-order valence-corrected chi connectivity index (χ1v) is 9.92. The van der Waals surface area contributed by atoms with Crippen LogP contribution in [0.3, 0.4) is 0 Å². The van der Waals surface area contributed by atoms with Gasteiger partial charge in [0.2, 0.25) is 5.76 Å². The summed E-state index contributed by atoms with van der Waals surface area (Å²) in [5.41, 5.74) is -0.145. The number of aromatic nitrogens is 1. The molecule has 0 spiro atoms. The van der Waals surface area contributed by atoms with Crippen molar-refractivity contribution in [1.82, 2.24) is 14.9 Å². The van der Waals surface area contributed by atoms with Gasteiger partial charge in [-0.15, -0.1) is 0 Å². The summed E-state index contributed by atoms with van der Waals surface area (Å²) in [5.74, 6) is 0.0745. The smallest absolute Gasteiger partial charge is 0.294 e. The highest BCUT2D eigenvalue weighted by Crippen LogP contribution is 2.39. The Morgan fingerprint density at radius 1 is 1.26 bits per heavy atom. The number of carbonyl (C=O) groups is 2. The van der Waals surface area contributed by atoms with Crippen LogP contribution in [0.2, 0.25) is 0 Å². The van der Waals surface area contributed by atoms with Crippen LogP contribution < -0.4 is 9.57 Å². The van der Waals surface area contributed by atoms with Crippen LogP contribution in [0.4, 0.5) is 0 Å². The van der Waals surface area contributed by atoms with Crippen molar-refractivity contribution in [3.05, 3.63) is 54.0 Å². The molecular formula is C22H21N3O6. The largest absolute Gasteiger partial charge is 0.486 e. The lowest BCUT2D eigenvalue weighted by Gasteiger charge is -2.38. The van der Waals surface area contributed by atoms with Gasteiger partial charge in [0.05, 0.1) is 12.0 Å². The number of amides is 2. The molecule has 2 aromatic heterocycles. The molecule has 5 rings (SSSR count). The van der Waals surface area contributed by atoms with E-state index in [0.717, 1.165) is 0 Å². The van der Waals surface area contributed by atoms with E-state index in [-0.39, 0.29) is 32.1 Å². The zero-order valence-corrected chi connectivity index (χ0v) is 17.2. The van der Waals surface area contributed by atoms with E-state index < -0.39 is 17.4 Å². The van der Waals surface area contributed by atoms with Crippen molar-refractivity contribution in [2.24, 2.45) is 0 Å². The number of carbonyl (C=O) groups excluding carboxylic acids is 2. The van der Waals surface area contributed by atoms with Gasteiger partial charge in [-0.25, -0.2) is 0 Å². The number of nitrogens with zero attached hydrogens (tertiary/aromatic N) is 3. The van der Waals surface area contributed by atoms with Crippen molar-refractivity contribution in [3.63, 3.8) is 0 Å². The maximum Gasteiger partial charge on any atom is 0.294 e. The molecule has 0 radical (unpaired) electrons. The third-order valence-corrected chi connectivity index (χ3v) is 5.64. The Hall–Kier alpha value is -3.59. The number of fused-ring (bicyclic) bond motifs is 4. The summed E-state index contributed by atoms with van der Waals surface area (Å²) in [6.07, 6.45) is 1.64. The Balaban J connectivity index is 1.52. The van der Waals surface area contributed by atoms with Crippen LogP contribution in [0.1, 0.15) is 23.2 Å². The number of hydroxylamine groups is 2.